The third-order valence-electron chi connectivity index (χ3n) is 9.94. The van der Waals surface area contributed by atoms with E-state index in [1.54, 1.807) is 43.7 Å². The van der Waals surface area contributed by atoms with Gasteiger partial charge in [-0.1, -0.05) is 6.07 Å². The minimum absolute atomic E-state index is 0.00403. The fraction of sp³-hybridized carbons (Fsp3) is 0.244. The van der Waals surface area contributed by atoms with Gasteiger partial charge >= 0.3 is 0 Å². The molecular weight excluding hydrogens is 756 g/mol. The van der Waals surface area contributed by atoms with Crippen LogP contribution in [-0.2, 0) is 26.2 Å². The molecule has 15 nitrogen and oxygen atoms in total. The Morgan fingerprint density at radius 2 is 1.72 bits per heavy atom. The highest BCUT2D eigenvalue weighted by Gasteiger charge is 2.45. The van der Waals surface area contributed by atoms with Crippen molar-refractivity contribution in [1.82, 2.24) is 25.1 Å². The van der Waals surface area contributed by atoms with Gasteiger partial charge in [-0.05, 0) is 74.2 Å². The molecule has 2 atom stereocenters. The zero-order valence-electron chi connectivity index (χ0n) is 31.2. The molecular formula is C41H37F2N7O8. The summed E-state index contributed by atoms with van der Waals surface area (Å²) in [5, 5.41) is 11.4. The van der Waals surface area contributed by atoms with Crippen molar-refractivity contribution >= 4 is 57.7 Å². The monoisotopic (exact) mass is 793 g/mol. The Hall–Kier alpha value is -7.17. The third kappa shape index (κ3) is 7.78. The van der Waals surface area contributed by atoms with Gasteiger partial charge < -0.3 is 30.2 Å². The average Bonchev–Trinajstić information content (AvgIpc) is 3.77. The zero-order chi connectivity index (χ0) is 41.2. The third-order valence-corrected chi connectivity index (χ3v) is 9.94. The number of unbranched alkanes of at least 4 members (excludes halogenated alkanes) is 1. The van der Waals surface area contributed by atoms with Crippen molar-refractivity contribution in [3.8, 4) is 22.6 Å². The second-order valence-electron chi connectivity index (χ2n) is 14.0. The molecule has 5 N–H and O–H groups in total. The molecule has 58 heavy (non-hydrogen) atoms. The fourth-order valence-corrected chi connectivity index (χ4v) is 7.17. The van der Waals surface area contributed by atoms with Crippen LogP contribution in [0.15, 0.2) is 77.9 Å². The molecule has 17 heteroatoms. The molecule has 7 rings (SSSR count). The van der Waals surface area contributed by atoms with Gasteiger partial charge in [-0.15, -0.1) is 0 Å². The predicted molar refractivity (Wildman–Crippen MR) is 207 cm³/mol. The van der Waals surface area contributed by atoms with E-state index in [2.05, 4.69) is 26.3 Å². The topological polar surface area (TPSA) is 201 Å². The molecule has 0 aliphatic carbocycles. The van der Waals surface area contributed by atoms with Crippen molar-refractivity contribution in [1.29, 1.82) is 0 Å². The Morgan fingerprint density at radius 1 is 0.931 bits per heavy atom. The van der Waals surface area contributed by atoms with Gasteiger partial charge in [0.1, 0.15) is 29.2 Å². The minimum atomic E-state index is -1.10. The lowest BCUT2D eigenvalue weighted by atomic mass is 10.0. The van der Waals surface area contributed by atoms with Crippen molar-refractivity contribution < 1.29 is 42.3 Å². The van der Waals surface area contributed by atoms with Crippen LogP contribution >= 0.6 is 0 Å². The number of amides is 6. The fourth-order valence-electron chi connectivity index (χ4n) is 7.17. The summed E-state index contributed by atoms with van der Waals surface area (Å²) in [6.07, 6.45) is 4.37. The van der Waals surface area contributed by atoms with Gasteiger partial charge in [-0.2, -0.15) is 0 Å². The number of fused-ring (bicyclic) bond motifs is 2. The summed E-state index contributed by atoms with van der Waals surface area (Å²) in [5.41, 5.74) is 1.85. The number of H-pyrrole nitrogens is 1. The maximum Gasteiger partial charge on any atom is 0.274 e. The van der Waals surface area contributed by atoms with E-state index in [0.29, 0.717) is 58.9 Å². The molecule has 2 aliphatic heterocycles. The quantitative estimate of drug-likeness (QED) is 0.0826. The summed E-state index contributed by atoms with van der Waals surface area (Å²) in [6, 6.07) is 11.9. The first-order chi connectivity index (χ1) is 27.8. The van der Waals surface area contributed by atoms with Gasteiger partial charge in [0.25, 0.3) is 17.4 Å². The molecule has 4 heterocycles. The van der Waals surface area contributed by atoms with Crippen LogP contribution in [0.5, 0.6) is 11.5 Å². The predicted octanol–water partition coefficient (Wildman–Crippen LogP) is 4.73. The molecule has 298 valence electrons. The maximum absolute atomic E-state index is 14.7. The molecule has 0 radical (unpaired) electrons. The molecule has 1 fully saturated rings. The lowest BCUT2D eigenvalue weighted by Gasteiger charge is -2.27. The Kier molecular flexibility index (Phi) is 10.9. The second-order valence-corrected chi connectivity index (χ2v) is 14.0. The van der Waals surface area contributed by atoms with Gasteiger partial charge in [0, 0.05) is 73.3 Å². The number of aromatic amines is 1. The summed E-state index contributed by atoms with van der Waals surface area (Å²) in [6.45, 7) is 1.62. The normalized spacial score (nSPS) is 15.6. The van der Waals surface area contributed by atoms with Crippen LogP contribution in [0.1, 0.15) is 59.7 Å². The summed E-state index contributed by atoms with van der Waals surface area (Å²) >= 11 is 0. The lowest BCUT2D eigenvalue weighted by molar-refractivity contribution is -0.136. The van der Waals surface area contributed by atoms with Crippen molar-refractivity contribution in [2.75, 3.05) is 17.2 Å². The van der Waals surface area contributed by atoms with E-state index in [4.69, 9.17) is 4.74 Å². The van der Waals surface area contributed by atoms with Crippen molar-refractivity contribution in [2.45, 2.75) is 51.1 Å². The molecule has 2 aromatic heterocycles. The average molecular weight is 794 g/mol. The van der Waals surface area contributed by atoms with Gasteiger partial charge in [0.05, 0.1) is 11.1 Å². The second kappa shape index (κ2) is 16.1. The van der Waals surface area contributed by atoms with E-state index in [-0.39, 0.29) is 47.4 Å². The number of benzene rings is 3. The number of aromatic nitrogens is 2. The molecule has 6 amide bonds. The van der Waals surface area contributed by atoms with E-state index < -0.39 is 59.2 Å². The number of pyridine rings is 1. The smallest absolute Gasteiger partial charge is 0.274 e. The zero-order valence-corrected chi connectivity index (χ0v) is 31.2. The number of carbonyl (C=O) groups is 6. The highest BCUT2D eigenvalue weighted by molar-refractivity contribution is 6.25. The first-order valence-corrected chi connectivity index (χ1v) is 18.4. The van der Waals surface area contributed by atoms with E-state index in [1.807, 2.05) is 0 Å². The first kappa shape index (κ1) is 39.1. The van der Waals surface area contributed by atoms with Gasteiger partial charge in [0.15, 0.2) is 11.6 Å². The van der Waals surface area contributed by atoms with Gasteiger partial charge in [-0.25, -0.2) is 8.78 Å². The van der Waals surface area contributed by atoms with Crippen LogP contribution < -0.4 is 31.6 Å². The summed E-state index contributed by atoms with van der Waals surface area (Å²) in [4.78, 5) is 93.2. The number of ether oxygens (including phenoxy) is 1. The van der Waals surface area contributed by atoms with E-state index in [1.165, 1.54) is 29.7 Å². The van der Waals surface area contributed by atoms with E-state index >= 15 is 0 Å². The van der Waals surface area contributed by atoms with Crippen LogP contribution in [0, 0.1) is 11.6 Å². The Bertz CT molecular complexity index is 2590. The lowest BCUT2D eigenvalue weighted by Crippen LogP contribution is -2.54. The minimum Gasteiger partial charge on any atom is -0.454 e. The molecule has 5 aromatic rings. The molecule has 0 spiro atoms. The number of nitrogens with one attached hydrogen (secondary N) is 5. The Morgan fingerprint density at radius 3 is 2.48 bits per heavy atom. The van der Waals surface area contributed by atoms with E-state index in [9.17, 15) is 42.3 Å². The number of carbonyl (C=O) groups excluding carboxylic acids is 6. The number of hydrogen-bond donors (Lipinski definition) is 5. The van der Waals surface area contributed by atoms with Crippen molar-refractivity contribution in [3.05, 3.63) is 106 Å². The van der Waals surface area contributed by atoms with E-state index in [0.717, 1.165) is 17.0 Å². The number of anilines is 2. The van der Waals surface area contributed by atoms with Crippen molar-refractivity contribution in [3.63, 3.8) is 0 Å². The van der Waals surface area contributed by atoms with Crippen LogP contribution in [0.2, 0.25) is 0 Å². The highest BCUT2D eigenvalue weighted by Crippen LogP contribution is 2.39. The SMILES string of the molecule is CC(=O)N[C@H](CCCCNc1cccc2c1C(=O)N(C1CCC(=O)NC1=O)C2=O)C(=O)Nc1ccc(Oc2ccc(F)cc2F)c(-c2cn(C)c(=O)c3[nH]ccc23)c1. The Balaban J connectivity index is 1.04. The van der Waals surface area contributed by atoms with Gasteiger partial charge in [0.2, 0.25) is 23.6 Å². The van der Waals surface area contributed by atoms with Gasteiger partial charge in [-0.3, -0.25) is 43.8 Å². The molecule has 3 aromatic carbocycles. The molecule has 1 unspecified atom stereocenters. The Labute approximate surface area is 328 Å². The molecule has 0 saturated carbocycles. The maximum atomic E-state index is 14.7. The van der Waals surface area contributed by atoms with Crippen LogP contribution in [-0.4, -0.2) is 68.5 Å². The summed E-state index contributed by atoms with van der Waals surface area (Å²) in [7, 11) is 1.57. The van der Waals surface area contributed by atoms with Crippen LogP contribution in [0.4, 0.5) is 20.2 Å². The summed E-state index contributed by atoms with van der Waals surface area (Å²) < 4.78 is 35.6. The first-order valence-electron chi connectivity index (χ1n) is 18.4. The number of aryl methyl sites for hydroxylation is 1. The molecule has 1 saturated heterocycles. The summed E-state index contributed by atoms with van der Waals surface area (Å²) in [5.74, 6) is -5.21. The number of nitrogens with zero attached hydrogens (tertiary/aromatic N) is 2. The number of rotatable bonds is 13. The number of piperidine rings is 1. The number of imide groups is 2. The van der Waals surface area contributed by atoms with Crippen LogP contribution in [0.3, 0.4) is 0 Å². The largest absolute Gasteiger partial charge is 0.454 e. The molecule has 2 aliphatic rings. The molecule has 0 bridgehead atoms. The number of hydrogen-bond acceptors (Lipinski definition) is 9. The van der Waals surface area contributed by atoms with Crippen LogP contribution in [0.25, 0.3) is 22.0 Å². The highest BCUT2D eigenvalue weighted by atomic mass is 19.1. The van der Waals surface area contributed by atoms with Crippen molar-refractivity contribution in [2.24, 2.45) is 7.05 Å². The number of halogens is 2. The standard InChI is InChI=1S/C41H37F2N7O8/c1-21(51)46-30(7-3-4-16-44-29-8-5-6-25-35(29)40(56)50(39(25)55)31-11-14-34(52)48-38(31)54)37(53)47-23-10-13-32(58-33-12-9-22(42)18-28(33)43)26(19-23)27-20-49(2)41(57)36-24(27)15-17-45-36/h5-6,8-10,12-13,15,17-20,30-31,44-45H,3-4,7,11,14,16H2,1-2H3,(H,46,51)(H,47,53)(H,48,52,54)/t30-,31?/m1/s1.